The van der Waals surface area contributed by atoms with Crippen LogP contribution in [0, 0.1) is 5.92 Å². The summed E-state index contributed by atoms with van der Waals surface area (Å²) in [7, 11) is 0. The van der Waals surface area contributed by atoms with Gasteiger partial charge in [-0.3, -0.25) is 4.79 Å². The van der Waals surface area contributed by atoms with E-state index in [9.17, 15) is 4.79 Å². The summed E-state index contributed by atoms with van der Waals surface area (Å²) in [6.07, 6.45) is 2.58. The predicted molar refractivity (Wildman–Crippen MR) is 96.7 cm³/mol. The van der Waals surface area contributed by atoms with Crippen LogP contribution in [-0.4, -0.2) is 59.6 Å². The van der Waals surface area contributed by atoms with Gasteiger partial charge in [0, 0.05) is 38.4 Å². The summed E-state index contributed by atoms with van der Waals surface area (Å²) in [5.74, 6) is 1.41. The molecule has 1 aromatic heterocycles. The highest BCUT2D eigenvalue weighted by Crippen LogP contribution is 2.16. The molecule has 1 atom stereocenters. The standard InChI is InChI=1S/C16H27N5O2.ClH/c1-4-23-13-6-7-18-16(19-13)21-9-5-8-20(10-11-21)15(22)14(17)12(2)3;/h6-7,12,14H,4-5,8-11,17H2,1-3H3;1H/t14-;/m0./s1. The van der Waals surface area contributed by atoms with E-state index < -0.39 is 6.04 Å². The lowest BCUT2D eigenvalue weighted by Crippen LogP contribution is -2.47. The number of amides is 1. The third kappa shape index (κ3) is 5.21. The van der Waals surface area contributed by atoms with E-state index in [0.29, 0.717) is 31.5 Å². The molecule has 8 heteroatoms. The molecule has 0 aromatic carbocycles. The van der Waals surface area contributed by atoms with Crippen molar-refractivity contribution in [1.29, 1.82) is 0 Å². The average Bonchev–Trinajstić information content (AvgIpc) is 2.80. The Hall–Kier alpha value is -1.60. The maximum atomic E-state index is 12.4. The van der Waals surface area contributed by atoms with E-state index in [1.165, 1.54) is 0 Å². The van der Waals surface area contributed by atoms with Gasteiger partial charge in [-0.2, -0.15) is 4.98 Å². The van der Waals surface area contributed by atoms with E-state index in [4.69, 9.17) is 10.5 Å². The number of carbonyl (C=O) groups is 1. The fourth-order valence-corrected chi connectivity index (χ4v) is 2.55. The molecular formula is C16H28ClN5O2. The number of nitrogens with zero attached hydrogens (tertiary/aromatic N) is 4. The minimum Gasteiger partial charge on any atom is -0.478 e. The highest BCUT2D eigenvalue weighted by atomic mass is 35.5. The first-order chi connectivity index (χ1) is 11.0. The molecule has 24 heavy (non-hydrogen) atoms. The summed E-state index contributed by atoms with van der Waals surface area (Å²) in [6.45, 7) is 9.32. The minimum atomic E-state index is -0.431. The first kappa shape index (κ1) is 20.4. The summed E-state index contributed by atoms with van der Waals surface area (Å²) in [5, 5.41) is 0. The number of halogens is 1. The predicted octanol–water partition coefficient (Wildman–Crippen LogP) is 1.32. The maximum absolute atomic E-state index is 12.4. The van der Waals surface area contributed by atoms with Crippen LogP contribution in [0.1, 0.15) is 27.2 Å². The van der Waals surface area contributed by atoms with Crippen LogP contribution in [0.2, 0.25) is 0 Å². The lowest BCUT2D eigenvalue weighted by Gasteiger charge is -2.26. The smallest absolute Gasteiger partial charge is 0.239 e. The maximum Gasteiger partial charge on any atom is 0.239 e. The molecule has 1 fully saturated rings. The van der Waals surface area contributed by atoms with Crippen LogP contribution in [0.3, 0.4) is 0 Å². The molecule has 1 aliphatic heterocycles. The second kappa shape index (κ2) is 9.64. The Bertz CT molecular complexity index is 529. The number of carbonyl (C=O) groups excluding carboxylic acids is 1. The van der Waals surface area contributed by atoms with E-state index in [2.05, 4.69) is 14.9 Å². The molecule has 0 unspecified atom stereocenters. The minimum absolute atomic E-state index is 0. The molecule has 1 aromatic rings. The summed E-state index contributed by atoms with van der Waals surface area (Å²) < 4.78 is 5.43. The zero-order chi connectivity index (χ0) is 16.8. The normalized spacial score (nSPS) is 16.4. The number of rotatable bonds is 5. The van der Waals surface area contributed by atoms with Gasteiger partial charge in [-0.1, -0.05) is 13.8 Å². The first-order valence-corrected chi connectivity index (χ1v) is 8.28. The molecule has 1 aliphatic rings. The number of hydrogen-bond donors (Lipinski definition) is 1. The first-order valence-electron chi connectivity index (χ1n) is 8.28. The van der Waals surface area contributed by atoms with Gasteiger partial charge in [0.05, 0.1) is 12.6 Å². The molecule has 0 saturated carbocycles. The number of aromatic nitrogens is 2. The van der Waals surface area contributed by atoms with Crippen molar-refractivity contribution in [2.75, 3.05) is 37.7 Å². The Kier molecular flexibility index (Phi) is 8.21. The van der Waals surface area contributed by atoms with Crippen LogP contribution in [-0.2, 0) is 4.79 Å². The Morgan fingerprint density at radius 1 is 1.33 bits per heavy atom. The fraction of sp³-hybridized carbons (Fsp3) is 0.688. The number of anilines is 1. The van der Waals surface area contributed by atoms with Crippen LogP contribution in [0.5, 0.6) is 5.88 Å². The Morgan fingerprint density at radius 3 is 2.75 bits per heavy atom. The van der Waals surface area contributed by atoms with E-state index in [1.54, 1.807) is 12.3 Å². The molecule has 2 N–H and O–H groups in total. The fourth-order valence-electron chi connectivity index (χ4n) is 2.55. The van der Waals surface area contributed by atoms with Crippen LogP contribution in [0.15, 0.2) is 12.3 Å². The van der Waals surface area contributed by atoms with E-state index in [0.717, 1.165) is 19.5 Å². The van der Waals surface area contributed by atoms with E-state index >= 15 is 0 Å². The third-order valence-electron chi connectivity index (χ3n) is 4.00. The summed E-state index contributed by atoms with van der Waals surface area (Å²) in [5.41, 5.74) is 5.99. The summed E-state index contributed by atoms with van der Waals surface area (Å²) in [6, 6.07) is 1.32. The highest BCUT2D eigenvalue weighted by molar-refractivity contribution is 5.85. The lowest BCUT2D eigenvalue weighted by molar-refractivity contribution is -0.133. The van der Waals surface area contributed by atoms with Gasteiger partial charge in [0.1, 0.15) is 0 Å². The third-order valence-corrected chi connectivity index (χ3v) is 4.00. The Morgan fingerprint density at radius 2 is 2.08 bits per heavy atom. The monoisotopic (exact) mass is 357 g/mol. The average molecular weight is 358 g/mol. The zero-order valence-electron chi connectivity index (χ0n) is 14.6. The van der Waals surface area contributed by atoms with Crippen molar-refractivity contribution in [3.8, 4) is 5.88 Å². The van der Waals surface area contributed by atoms with Gasteiger partial charge in [0.2, 0.25) is 17.7 Å². The zero-order valence-corrected chi connectivity index (χ0v) is 15.5. The Balaban J connectivity index is 0.00000288. The van der Waals surface area contributed by atoms with Crippen LogP contribution in [0.4, 0.5) is 5.95 Å². The Labute approximate surface area is 150 Å². The molecule has 0 aliphatic carbocycles. The SMILES string of the molecule is CCOc1ccnc(N2CCCN(C(=O)[C@@H](N)C(C)C)CC2)n1.Cl. The summed E-state index contributed by atoms with van der Waals surface area (Å²) >= 11 is 0. The topological polar surface area (TPSA) is 84.6 Å². The van der Waals surface area contributed by atoms with Gasteiger partial charge in [-0.05, 0) is 19.3 Å². The van der Waals surface area contributed by atoms with Crippen LogP contribution in [0.25, 0.3) is 0 Å². The molecule has 1 amide bonds. The van der Waals surface area contributed by atoms with Gasteiger partial charge in [-0.25, -0.2) is 4.98 Å². The molecule has 1 saturated heterocycles. The van der Waals surface area contributed by atoms with Gasteiger partial charge in [0.15, 0.2) is 0 Å². The van der Waals surface area contributed by atoms with Crippen molar-refractivity contribution in [3.63, 3.8) is 0 Å². The van der Waals surface area contributed by atoms with Crippen molar-refractivity contribution in [3.05, 3.63) is 12.3 Å². The molecule has 7 nitrogen and oxygen atoms in total. The number of ether oxygens (including phenoxy) is 1. The van der Waals surface area contributed by atoms with Gasteiger partial charge < -0.3 is 20.3 Å². The number of nitrogens with two attached hydrogens (primary N) is 1. The molecule has 0 radical (unpaired) electrons. The number of hydrogen-bond acceptors (Lipinski definition) is 6. The van der Waals surface area contributed by atoms with Crippen molar-refractivity contribution >= 4 is 24.3 Å². The summed E-state index contributed by atoms with van der Waals surface area (Å²) in [4.78, 5) is 25.1. The van der Waals surface area contributed by atoms with Gasteiger partial charge in [0.25, 0.3) is 0 Å². The molecule has 2 heterocycles. The largest absolute Gasteiger partial charge is 0.478 e. The van der Waals surface area contributed by atoms with Crippen molar-refractivity contribution < 1.29 is 9.53 Å². The molecule has 2 rings (SSSR count). The van der Waals surface area contributed by atoms with Crippen molar-refractivity contribution in [1.82, 2.24) is 14.9 Å². The highest BCUT2D eigenvalue weighted by Gasteiger charge is 2.26. The second-order valence-corrected chi connectivity index (χ2v) is 6.06. The van der Waals surface area contributed by atoms with Crippen LogP contribution < -0.4 is 15.4 Å². The quantitative estimate of drug-likeness (QED) is 0.855. The molecule has 0 spiro atoms. The van der Waals surface area contributed by atoms with Gasteiger partial charge in [-0.15, -0.1) is 12.4 Å². The lowest BCUT2D eigenvalue weighted by atomic mass is 10.0. The van der Waals surface area contributed by atoms with Gasteiger partial charge >= 0.3 is 0 Å². The molecule has 0 bridgehead atoms. The van der Waals surface area contributed by atoms with Crippen molar-refractivity contribution in [2.24, 2.45) is 11.7 Å². The molecular weight excluding hydrogens is 330 g/mol. The van der Waals surface area contributed by atoms with E-state index in [-0.39, 0.29) is 24.2 Å². The van der Waals surface area contributed by atoms with Crippen LogP contribution >= 0.6 is 12.4 Å². The van der Waals surface area contributed by atoms with E-state index in [1.807, 2.05) is 25.7 Å². The van der Waals surface area contributed by atoms with Crippen molar-refractivity contribution in [2.45, 2.75) is 33.2 Å². The molecule has 136 valence electrons. The second-order valence-electron chi connectivity index (χ2n) is 6.06.